The number of benzene rings is 1. The fourth-order valence-corrected chi connectivity index (χ4v) is 1.76. The second kappa shape index (κ2) is 7.16. The zero-order valence-corrected chi connectivity index (χ0v) is 12.3. The molecule has 2 amide bonds. The van der Waals surface area contributed by atoms with E-state index in [4.69, 9.17) is 9.15 Å². The molecule has 1 aromatic carbocycles. The number of ether oxygens (including phenoxy) is 1. The molecule has 1 heterocycles. The van der Waals surface area contributed by atoms with Crippen LogP contribution in [0.15, 0.2) is 40.8 Å². The van der Waals surface area contributed by atoms with Gasteiger partial charge >= 0.3 is 5.91 Å². The lowest BCUT2D eigenvalue weighted by Crippen LogP contribution is -2.44. The van der Waals surface area contributed by atoms with E-state index in [1.807, 2.05) is 12.1 Å². The fraction of sp³-hybridized carbons (Fsp3) is 0.200. The van der Waals surface area contributed by atoms with Crippen LogP contribution >= 0.6 is 0 Å². The summed E-state index contributed by atoms with van der Waals surface area (Å²) >= 11 is 0. The Morgan fingerprint density at radius 2 is 1.91 bits per heavy atom. The molecule has 1 aromatic heterocycles. The Morgan fingerprint density at radius 3 is 2.59 bits per heavy atom. The van der Waals surface area contributed by atoms with Crippen LogP contribution in [-0.4, -0.2) is 25.5 Å². The summed E-state index contributed by atoms with van der Waals surface area (Å²) in [6, 6.07) is 10.4. The van der Waals surface area contributed by atoms with Crippen LogP contribution in [0, 0.1) is 6.92 Å². The van der Waals surface area contributed by atoms with Crippen molar-refractivity contribution in [2.45, 2.75) is 6.92 Å². The normalized spacial score (nSPS) is 9.91. The summed E-state index contributed by atoms with van der Waals surface area (Å²) in [7, 11) is 1.55. The fourth-order valence-electron chi connectivity index (χ4n) is 1.76. The van der Waals surface area contributed by atoms with Crippen LogP contribution in [0.5, 0.6) is 5.75 Å². The average molecular weight is 303 g/mol. The summed E-state index contributed by atoms with van der Waals surface area (Å²) < 4.78 is 10.3. The Morgan fingerprint density at radius 1 is 1.14 bits per heavy atom. The van der Waals surface area contributed by atoms with Crippen molar-refractivity contribution in [3.05, 3.63) is 47.9 Å². The van der Waals surface area contributed by atoms with E-state index in [0.717, 1.165) is 0 Å². The maximum Gasteiger partial charge on any atom is 0.305 e. The summed E-state index contributed by atoms with van der Waals surface area (Å²) in [5, 5.41) is 2.92. The van der Waals surface area contributed by atoms with E-state index in [-0.39, 0.29) is 12.3 Å². The minimum atomic E-state index is -0.515. The quantitative estimate of drug-likeness (QED) is 0.727. The number of rotatable bonds is 5. The van der Waals surface area contributed by atoms with Crippen LogP contribution in [0.4, 0.5) is 5.69 Å². The van der Waals surface area contributed by atoms with Crippen LogP contribution in [0.25, 0.3) is 0 Å². The van der Waals surface area contributed by atoms with Gasteiger partial charge in [0.25, 0.3) is 5.91 Å². The van der Waals surface area contributed by atoms with Crippen LogP contribution < -0.4 is 20.9 Å². The molecule has 0 aliphatic carbocycles. The smallest absolute Gasteiger partial charge is 0.305 e. The first-order chi connectivity index (χ1) is 10.6. The van der Waals surface area contributed by atoms with Crippen molar-refractivity contribution in [2.24, 2.45) is 0 Å². The van der Waals surface area contributed by atoms with Gasteiger partial charge in [-0.1, -0.05) is 12.1 Å². The zero-order chi connectivity index (χ0) is 15.9. The van der Waals surface area contributed by atoms with Crippen molar-refractivity contribution in [1.29, 1.82) is 0 Å². The largest absolute Gasteiger partial charge is 0.495 e. The Bertz CT molecular complexity index is 666. The monoisotopic (exact) mass is 303 g/mol. The number of hydrogen-bond donors (Lipinski definition) is 3. The Kier molecular flexibility index (Phi) is 5.02. The molecule has 0 fully saturated rings. The lowest BCUT2D eigenvalue weighted by molar-refractivity contribution is -0.120. The molecule has 7 heteroatoms. The van der Waals surface area contributed by atoms with Gasteiger partial charge in [0.05, 0.1) is 19.3 Å². The number of carbonyl (C=O) groups is 2. The van der Waals surface area contributed by atoms with Crippen molar-refractivity contribution >= 4 is 17.5 Å². The maximum atomic E-state index is 11.7. The molecule has 0 radical (unpaired) electrons. The van der Waals surface area contributed by atoms with E-state index >= 15 is 0 Å². The number of hydrazine groups is 1. The van der Waals surface area contributed by atoms with Gasteiger partial charge in [-0.3, -0.25) is 20.4 Å². The van der Waals surface area contributed by atoms with E-state index in [1.165, 1.54) is 6.07 Å². The third-order valence-corrected chi connectivity index (χ3v) is 2.83. The van der Waals surface area contributed by atoms with Gasteiger partial charge in [-0.2, -0.15) is 0 Å². The SMILES string of the molecule is COc1ccccc1NCC(=O)NNC(=O)c1ccc(C)o1. The lowest BCUT2D eigenvalue weighted by atomic mass is 10.3. The van der Waals surface area contributed by atoms with Crippen molar-refractivity contribution in [3.63, 3.8) is 0 Å². The van der Waals surface area contributed by atoms with Crippen molar-refractivity contribution in [3.8, 4) is 5.75 Å². The number of hydrogen-bond acceptors (Lipinski definition) is 5. The molecule has 116 valence electrons. The molecule has 0 bridgehead atoms. The average Bonchev–Trinajstić information content (AvgIpc) is 2.97. The van der Waals surface area contributed by atoms with E-state index in [2.05, 4.69) is 16.2 Å². The highest BCUT2D eigenvalue weighted by Crippen LogP contribution is 2.22. The topological polar surface area (TPSA) is 92.6 Å². The van der Waals surface area contributed by atoms with Gasteiger partial charge in [-0.05, 0) is 31.2 Å². The molecule has 0 spiro atoms. The Balaban J connectivity index is 1.80. The highest BCUT2D eigenvalue weighted by Gasteiger charge is 2.11. The number of methoxy groups -OCH3 is 1. The maximum absolute atomic E-state index is 11.7. The van der Waals surface area contributed by atoms with Gasteiger partial charge in [0.1, 0.15) is 11.5 Å². The summed E-state index contributed by atoms with van der Waals surface area (Å²) in [6.07, 6.45) is 0. The number of furan rings is 1. The van der Waals surface area contributed by atoms with E-state index < -0.39 is 11.8 Å². The van der Waals surface area contributed by atoms with E-state index in [0.29, 0.717) is 17.2 Å². The number of nitrogens with one attached hydrogen (secondary N) is 3. The van der Waals surface area contributed by atoms with Crippen LogP contribution in [0.3, 0.4) is 0 Å². The molecule has 0 unspecified atom stereocenters. The lowest BCUT2D eigenvalue weighted by Gasteiger charge is -2.11. The van der Waals surface area contributed by atoms with Crippen LogP contribution in [-0.2, 0) is 4.79 Å². The first-order valence-electron chi connectivity index (χ1n) is 6.62. The number of aryl methyl sites for hydroxylation is 1. The third-order valence-electron chi connectivity index (χ3n) is 2.83. The van der Waals surface area contributed by atoms with Gasteiger partial charge in [0.15, 0.2) is 5.76 Å². The Hall–Kier alpha value is -2.96. The van der Waals surface area contributed by atoms with Gasteiger partial charge in [-0.15, -0.1) is 0 Å². The molecule has 2 rings (SSSR count). The van der Waals surface area contributed by atoms with Crippen molar-refractivity contribution in [1.82, 2.24) is 10.9 Å². The standard InChI is InChI=1S/C15H17N3O4/c1-10-7-8-13(22-10)15(20)18-17-14(19)9-16-11-5-3-4-6-12(11)21-2/h3-8,16H,9H2,1-2H3,(H,17,19)(H,18,20). The molecule has 0 aliphatic rings. The zero-order valence-electron chi connectivity index (χ0n) is 12.3. The molecule has 22 heavy (non-hydrogen) atoms. The molecule has 7 nitrogen and oxygen atoms in total. The Labute approximate surface area is 127 Å². The molecule has 3 N–H and O–H groups in total. The predicted molar refractivity (Wildman–Crippen MR) is 80.5 cm³/mol. The third kappa shape index (κ3) is 4.02. The molecular formula is C15H17N3O4. The van der Waals surface area contributed by atoms with Crippen LogP contribution in [0.1, 0.15) is 16.3 Å². The summed E-state index contributed by atoms with van der Waals surface area (Å²) in [4.78, 5) is 23.4. The van der Waals surface area contributed by atoms with E-state index in [1.54, 1.807) is 32.2 Å². The number of para-hydroxylation sites is 2. The summed E-state index contributed by atoms with van der Waals surface area (Å²) in [5.41, 5.74) is 5.26. The number of anilines is 1. The summed E-state index contributed by atoms with van der Waals surface area (Å²) in [6.45, 7) is 1.71. The molecule has 0 saturated heterocycles. The van der Waals surface area contributed by atoms with Gasteiger partial charge in [-0.25, -0.2) is 0 Å². The number of amides is 2. The minimum Gasteiger partial charge on any atom is -0.495 e. The molecular weight excluding hydrogens is 286 g/mol. The van der Waals surface area contributed by atoms with Gasteiger partial charge in [0.2, 0.25) is 0 Å². The number of carbonyl (C=O) groups excluding carboxylic acids is 2. The molecule has 0 aliphatic heterocycles. The molecule has 0 atom stereocenters. The van der Waals surface area contributed by atoms with Gasteiger partial charge in [0, 0.05) is 0 Å². The predicted octanol–water partition coefficient (Wildman–Crippen LogP) is 1.47. The molecule has 2 aromatic rings. The van der Waals surface area contributed by atoms with Gasteiger partial charge < -0.3 is 14.5 Å². The highest BCUT2D eigenvalue weighted by molar-refractivity contribution is 5.93. The van der Waals surface area contributed by atoms with Crippen molar-refractivity contribution in [2.75, 3.05) is 19.0 Å². The van der Waals surface area contributed by atoms with Crippen molar-refractivity contribution < 1.29 is 18.7 Å². The van der Waals surface area contributed by atoms with Crippen LogP contribution in [0.2, 0.25) is 0 Å². The highest BCUT2D eigenvalue weighted by atomic mass is 16.5. The summed E-state index contributed by atoms with van der Waals surface area (Å²) in [5.74, 6) is 0.469. The first kappa shape index (κ1) is 15.4. The molecule has 0 saturated carbocycles. The minimum absolute atomic E-state index is 0.0160. The first-order valence-corrected chi connectivity index (χ1v) is 6.62. The second-order valence-corrected chi connectivity index (χ2v) is 4.47. The second-order valence-electron chi connectivity index (χ2n) is 4.47. The van der Waals surface area contributed by atoms with E-state index in [9.17, 15) is 9.59 Å².